The van der Waals surface area contributed by atoms with E-state index >= 15 is 0 Å². The number of anilines is 1. The molecule has 0 saturated heterocycles. The first kappa shape index (κ1) is 13.5. The highest BCUT2D eigenvalue weighted by Crippen LogP contribution is 2.26. The zero-order valence-corrected chi connectivity index (χ0v) is 12.7. The van der Waals surface area contributed by atoms with E-state index in [2.05, 4.69) is 22.0 Å². The summed E-state index contributed by atoms with van der Waals surface area (Å²) in [6.07, 6.45) is 7.61. The van der Waals surface area contributed by atoms with E-state index in [1.54, 1.807) is 6.20 Å². The fraction of sp³-hybridized carbons (Fsp3) is 0.118. The molecule has 2 N–H and O–H groups in total. The van der Waals surface area contributed by atoms with Crippen LogP contribution in [0, 0.1) is 0 Å². The third-order valence-corrected chi connectivity index (χ3v) is 3.84. The van der Waals surface area contributed by atoms with Crippen LogP contribution >= 0.6 is 0 Å². The van der Waals surface area contributed by atoms with Gasteiger partial charge >= 0.3 is 0 Å². The summed E-state index contributed by atoms with van der Waals surface area (Å²) in [6, 6.07) is 9.97. The second kappa shape index (κ2) is 5.24. The molecule has 0 aliphatic carbocycles. The van der Waals surface area contributed by atoms with Crippen LogP contribution in [-0.4, -0.2) is 24.1 Å². The first-order valence-corrected chi connectivity index (χ1v) is 7.48. The number of hydrogen-bond donors (Lipinski definition) is 1. The molecule has 114 valence electrons. The van der Waals surface area contributed by atoms with E-state index in [1.165, 1.54) is 0 Å². The van der Waals surface area contributed by atoms with Gasteiger partial charge in [-0.3, -0.25) is 9.08 Å². The van der Waals surface area contributed by atoms with Crippen LogP contribution < -0.4 is 5.73 Å². The summed E-state index contributed by atoms with van der Waals surface area (Å²) in [5.74, 6) is 0.417. The Balaban J connectivity index is 1.92. The van der Waals surface area contributed by atoms with E-state index in [0.717, 1.165) is 29.1 Å². The molecule has 0 aliphatic heterocycles. The van der Waals surface area contributed by atoms with Crippen LogP contribution in [0.25, 0.3) is 28.2 Å². The number of aromatic nitrogens is 5. The number of nitrogens with zero attached hydrogens (tertiary/aromatic N) is 5. The van der Waals surface area contributed by atoms with E-state index in [9.17, 15) is 0 Å². The lowest BCUT2D eigenvalue weighted by Crippen LogP contribution is -2.00. The fourth-order valence-electron chi connectivity index (χ4n) is 2.64. The van der Waals surface area contributed by atoms with Crippen molar-refractivity contribution in [1.29, 1.82) is 0 Å². The van der Waals surface area contributed by atoms with Gasteiger partial charge in [-0.2, -0.15) is 5.10 Å². The molecule has 3 heterocycles. The van der Waals surface area contributed by atoms with E-state index in [0.29, 0.717) is 11.5 Å². The van der Waals surface area contributed by atoms with Crippen LogP contribution in [0.4, 0.5) is 5.82 Å². The van der Waals surface area contributed by atoms with Crippen molar-refractivity contribution in [2.24, 2.45) is 0 Å². The quantitative estimate of drug-likeness (QED) is 0.631. The molecule has 0 fully saturated rings. The Labute approximate surface area is 133 Å². The van der Waals surface area contributed by atoms with Gasteiger partial charge in [0.1, 0.15) is 0 Å². The van der Waals surface area contributed by atoms with Crippen LogP contribution in [0.1, 0.15) is 6.92 Å². The first-order valence-electron chi connectivity index (χ1n) is 7.48. The lowest BCUT2D eigenvalue weighted by atomic mass is 10.1. The van der Waals surface area contributed by atoms with Gasteiger partial charge in [0.05, 0.1) is 23.8 Å². The molecule has 4 rings (SSSR count). The van der Waals surface area contributed by atoms with Crippen LogP contribution in [0.15, 0.2) is 55.1 Å². The maximum atomic E-state index is 6.10. The van der Waals surface area contributed by atoms with E-state index in [4.69, 9.17) is 5.73 Å². The predicted molar refractivity (Wildman–Crippen MR) is 89.7 cm³/mol. The van der Waals surface area contributed by atoms with Crippen molar-refractivity contribution < 1.29 is 0 Å². The Morgan fingerprint density at radius 2 is 1.87 bits per heavy atom. The third-order valence-electron chi connectivity index (χ3n) is 3.84. The Morgan fingerprint density at radius 1 is 1.04 bits per heavy atom. The maximum Gasteiger partial charge on any atom is 0.180 e. The Bertz CT molecular complexity index is 967. The van der Waals surface area contributed by atoms with Crippen LogP contribution in [0.2, 0.25) is 0 Å². The second-order valence-corrected chi connectivity index (χ2v) is 5.30. The van der Waals surface area contributed by atoms with Crippen molar-refractivity contribution in [1.82, 2.24) is 24.1 Å². The molecule has 0 saturated carbocycles. The minimum absolute atomic E-state index is 0.417. The van der Waals surface area contributed by atoms with Crippen molar-refractivity contribution in [3.63, 3.8) is 0 Å². The molecule has 6 heteroatoms. The first-order chi connectivity index (χ1) is 11.3. The number of fused-ring (bicyclic) bond motifs is 1. The highest BCUT2D eigenvalue weighted by Gasteiger charge is 2.13. The van der Waals surface area contributed by atoms with Gasteiger partial charge < -0.3 is 5.73 Å². The summed E-state index contributed by atoms with van der Waals surface area (Å²) in [6.45, 7) is 2.89. The molecular weight excluding hydrogens is 288 g/mol. The number of imidazole rings is 1. The second-order valence-electron chi connectivity index (χ2n) is 5.30. The number of rotatable bonds is 3. The van der Waals surface area contributed by atoms with Gasteiger partial charge in [-0.25, -0.2) is 9.97 Å². The molecule has 23 heavy (non-hydrogen) atoms. The predicted octanol–water partition coefficient (Wildman–Crippen LogP) is 2.86. The average Bonchev–Trinajstić information content (AvgIpc) is 3.22. The smallest absolute Gasteiger partial charge is 0.180 e. The van der Waals surface area contributed by atoms with Gasteiger partial charge in [0.15, 0.2) is 11.5 Å². The van der Waals surface area contributed by atoms with Crippen LogP contribution in [0.5, 0.6) is 0 Å². The Kier molecular flexibility index (Phi) is 3.08. The van der Waals surface area contributed by atoms with Crippen LogP contribution in [-0.2, 0) is 6.54 Å². The van der Waals surface area contributed by atoms with Gasteiger partial charge in [0, 0.05) is 30.1 Å². The lowest BCUT2D eigenvalue weighted by Gasteiger charge is -2.06. The van der Waals surface area contributed by atoms with E-state index in [-0.39, 0.29) is 0 Å². The molecule has 0 atom stereocenters. The summed E-state index contributed by atoms with van der Waals surface area (Å²) < 4.78 is 3.86. The summed E-state index contributed by atoms with van der Waals surface area (Å²) in [7, 11) is 0. The molecule has 1 aromatic carbocycles. The average molecular weight is 304 g/mol. The molecular formula is C17H16N6. The molecule has 3 aromatic heterocycles. The number of hydrogen-bond acceptors (Lipinski definition) is 4. The van der Waals surface area contributed by atoms with Crippen molar-refractivity contribution in [2.45, 2.75) is 13.5 Å². The standard InChI is InChI=1S/C17H16N6/c1-2-22-10-13(8-20-22)15-9-19-17-16(18)21-14(11-23(15)17)12-6-4-3-5-7-12/h3-11H,2H2,1H3,(H2,18,21). The number of nitrogen functional groups attached to an aromatic ring is 1. The summed E-state index contributed by atoms with van der Waals surface area (Å²) in [4.78, 5) is 8.88. The van der Waals surface area contributed by atoms with Gasteiger partial charge in [-0.15, -0.1) is 0 Å². The van der Waals surface area contributed by atoms with E-state index < -0.39 is 0 Å². The van der Waals surface area contributed by atoms with Crippen molar-refractivity contribution >= 4 is 11.5 Å². The van der Waals surface area contributed by atoms with Gasteiger partial charge in [0.25, 0.3) is 0 Å². The molecule has 0 spiro atoms. The molecule has 4 aromatic rings. The normalized spacial score (nSPS) is 11.2. The molecule has 0 unspecified atom stereocenters. The number of benzene rings is 1. The van der Waals surface area contributed by atoms with Gasteiger partial charge in [0.2, 0.25) is 0 Å². The van der Waals surface area contributed by atoms with Gasteiger partial charge in [-0.1, -0.05) is 30.3 Å². The molecule has 0 radical (unpaired) electrons. The minimum Gasteiger partial charge on any atom is -0.381 e. The Hall–Kier alpha value is -3.15. The zero-order chi connectivity index (χ0) is 15.8. The fourth-order valence-corrected chi connectivity index (χ4v) is 2.64. The zero-order valence-electron chi connectivity index (χ0n) is 12.7. The Morgan fingerprint density at radius 3 is 2.61 bits per heavy atom. The summed E-state index contributed by atoms with van der Waals surface area (Å²) >= 11 is 0. The SMILES string of the molecule is CCn1cc(-c2cnc3c(N)nc(-c4ccccc4)cn23)cn1. The molecule has 0 amide bonds. The highest BCUT2D eigenvalue weighted by molar-refractivity contribution is 5.72. The summed E-state index contributed by atoms with van der Waals surface area (Å²) in [5.41, 5.74) is 10.5. The monoisotopic (exact) mass is 304 g/mol. The third kappa shape index (κ3) is 2.24. The van der Waals surface area contributed by atoms with Crippen molar-refractivity contribution in [3.8, 4) is 22.5 Å². The highest BCUT2D eigenvalue weighted by atomic mass is 15.3. The van der Waals surface area contributed by atoms with Crippen molar-refractivity contribution in [2.75, 3.05) is 5.73 Å². The molecule has 0 aliphatic rings. The molecule has 6 nitrogen and oxygen atoms in total. The molecule has 0 bridgehead atoms. The van der Waals surface area contributed by atoms with E-state index in [1.807, 2.05) is 58.0 Å². The van der Waals surface area contributed by atoms with Crippen molar-refractivity contribution in [3.05, 3.63) is 55.1 Å². The van der Waals surface area contributed by atoms with Crippen LogP contribution in [0.3, 0.4) is 0 Å². The topological polar surface area (TPSA) is 74.0 Å². The lowest BCUT2D eigenvalue weighted by molar-refractivity contribution is 0.660. The van der Waals surface area contributed by atoms with Gasteiger partial charge in [-0.05, 0) is 6.92 Å². The number of nitrogens with two attached hydrogens (primary N) is 1. The minimum atomic E-state index is 0.417. The largest absolute Gasteiger partial charge is 0.381 e. The maximum absolute atomic E-state index is 6.10. The summed E-state index contributed by atoms with van der Waals surface area (Å²) in [5, 5.41) is 4.33. The number of aryl methyl sites for hydroxylation is 1.